The van der Waals surface area contributed by atoms with Crippen LogP contribution in [0.3, 0.4) is 0 Å². The molecule has 84 valence electrons. The first-order valence-corrected chi connectivity index (χ1v) is 5.63. The minimum Gasteiger partial charge on any atom is -0.368 e. The number of H-pyrrole nitrogens is 1. The van der Waals surface area contributed by atoms with Gasteiger partial charge in [-0.25, -0.2) is 5.10 Å². The number of likely N-dealkylation sites (tertiary alicyclic amines) is 1. The van der Waals surface area contributed by atoms with Gasteiger partial charge >= 0.3 is 0 Å². The Labute approximate surface area is 94.3 Å². The lowest BCUT2D eigenvalue weighted by Gasteiger charge is -2.35. The third-order valence-corrected chi connectivity index (χ3v) is 3.57. The van der Waals surface area contributed by atoms with Crippen LogP contribution in [0.1, 0.15) is 25.8 Å². The second-order valence-electron chi connectivity index (χ2n) is 4.26. The molecule has 0 spiro atoms. The molecule has 5 nitrogen and oxygen atoms in total. The van der Waals surface area contributed by atoms with E-state index < -0.39 is 0 Å². The van der Waals surface area contributed by atoms with E-state index in [1.54, 1.807) is 0 Å². The van der Waals surface area contributed by atoms with Gasteiger partial charge in [0, 0.05) is 18.6 Å². The standard InChI is InChI=1S/C9H17N5S/c1-6-5-7(3-4-13(6)2)14-8(10)11-12-9(14)15/h6-7H,3-5H2,1-2H3,(H2,10,11)(H,12,15). The van der Waals surface area contributed by atoms with Crippen LogP contribution in [0.5, 0.6) is 0 Å². The highest BCUT2D eigenvalue weighted by Gasteiger charge is 2.25. The lowest BCUT2D eigenvalue weighted by atomic mass is 9.99. The Morgan fingerprint density at radius 3 is 2.87 bits per heavy atom. The molecule has 2 atom stereocenters. The molecule has 2 heterocycles. The highest BCUT2D eigenvalue weighted by atomic mass is 32.1. The van der Waals surface area contributed by atoms with Gasteiger partial charge in [0.15, 0.2) is 4.77 Å². The topological polar surface area (TPSA) is 62.9 Å². The zero-order valence-corrected chi connectivity index (χ0v) is 9.92. The van der Waals surface area contributed by atoms with Gasteiger partial charge in [0.05, 0.1) is 0 Å². The number of anilines is 1. The van der Waals surface area contributed by atoms with Gasteiger partial charge in [0.25, 0.3) is 0 Å². The average molecular weight is 227 g/mol. The summed E-state index contributed by atoms with van der Waals surface area (Å²) >= 11 is 5.17. The summed E-state index contributed by atoms with van der Waals surface area (Å²) in [5.41, 5.74) is 5.79. The predicted octanol–water partition coefficient (Wildman–Crippen LogP) is 1.18. The van der Waals surface area contributed by atoms with Gasteiger partial charge in [0.1, 0.15) is 0 Å². The largest absolute Gasteiger partial charge is 0.368 e. The SMILES string of the molecule is CC1CC(n2c(N)n[nH]c2=S)CCN1C. The van der Waals surface area contributed by atoms with Crippen molar-refractivity contribution >= 4 is 18.2 Å². The van der Waals surface area contributed by atoms with Crippen molar-refractivity contribution in [3.8, 4) is 0 Å². The molecule has 2 unspecified atom stereocenters. The van der Waals surface area contributed by atoms with Crippen molar-refractivity contribution in [1.29, 1.82) is 0 Å². The Kier molecular flexibility index (Phi) is 2.79. The van der Waals surface area contributed by atoms with Crippen LogP contribution < -0.4 is 5.73 Å². The fourth-order valence-electron chi connectivity index (χ4n) is 2.17. The highest BCUT2D eigenvalue weighted by Crippen LogP contribution is 2.27. The highest BCUT2D eigenvalue weighted by molar-refractivity contribution is 7.71. The van der Waals surface area contributed by atoms with Crippen molar-refractivity contribution in [3.63, 3.8) is 0 Å². The quantitative estimate of drug-likeness (QED) is 0.707. The lowest BCUT2D eigenvalue weighted by Crippen LogP contribution is -2.38. The van der Waals surface area contributed by atoms with Crippen molar-refractivity contribution in [2.45, 2.75) is 31.8 Å². The van der Waals surface area contributed by atoms with Crippen LogP contribution in [0.2, 0.25) is 0 Å². The summed E-state index contributed by atoms with van der Waals surface area (Å²) in [6.07, 6.45) is 2.16. The molecular weight excluding hydrogens is 210 g/mol. The van der Waals surface area contributed by atoms with Crippen LogP contribution in [0.25, 0.3) is 0 Å². The van der Waals surface area contributed by atoms with E-state index in [1.165, 1.54) is 0 Å². The molecule has 1 aromatic heterocycles. The fraction of sp³-hybridized carbons (Fsp3) is 0.778. The van der Waals surface area contributed by atoms with Crippen LogP contribution in [0, 0.1) is 4.77 Å². The first-order valence-electron chi connectivity index (χ1n) is 5.22. The van der Waals surface area contributed by atoms with Gasteiger partial charge in [0.2, 0.25) is 5.95 Å². The second-order valence-corrected chi connectivity index (χ2v) is 4.65. The van der Waals surface area contributed by atoms with E-state index in [4.69, 9.17) is 18.0 Å². The Hall–Kier alpha value is -0.880. The summed E-state index contributed by atoms with van der Waals surface area (Å²) in [6.45, 7) is 3.31. The zero-order chi connectivity index (χ0) is 11.0. The van der Waals surface area contributed by atoms with Gasteiger partial charge < -0.3 is 10.6 Å². The van der Waals surface area contributed by atoms with Gasteiger partial charge in [-0.3, -0.25) is 4.57 Å². The Balaban J connectivity index is 2.22. The third kappa shape index (κ3) is 1.91. The number of nitrogens with two attached hydrogens (primary N) is 1. The third-order valence-electron chi connectivity index (χ3n) is 3.28. The first-order chi connectivity index (χ1) is 7.09. The molecule has 1 fully saturated rings. The number of nitrogens with zero attached hydrogens (tertiary/aromatic N) is 3. The van der Waals surface area contributed by atoms with E-state index in [1.807, 2.05) is 4.57 Å². The van der Waals surface area contributed by atoms with E-state index in [2.05, 4.69) is 29.1 Å². The molecule has 0 bridgehead atoms. The smallest absolute Gasteiger partial charge is 0.220 e. The Morgan fingerprint density at radius 2 is 2.33 bits per heavy atom. The van der Waals surface area contributed by atoms with E-state index >= 15 is 0 Å². The van der Waals surface area contributed by atoms with Crippen LogP contribution in [-0.4, -0.2) is 39.3 Å². The maximum absolute atomic E-state index is 5.79. The monoisotopic (exact) mass is 227 g/mol. The number of aromatic amines is 1. The predicted molar refractivity (Wildman–Crippen MR) is 62.2 cm³/mol. The number of hydrogen-bond acceptors (Lipinski definition) is 4. The Morgan fingerprint density at radius 1 is 1.60 bits per heavy atom. The molecule has 0 aliphatic carbocycles. The molecule has 0 amide bonds. The Bertz CT molecular complexity index is 395. The van der Waals surface area contributed by atoms with Crippen LogP contribution in [-0.2, 0) is 0 Å². The normalized spacial score (nSPS) is 28.1. The van der Waals surface area contributed by atoms with Crippen LogP contribution in [0.4, 0.5) is 5.95 Å². The molecule has 6 heteroatoms. The van der Waals surface area contributed by atoms with Gasteiger partial charge in [-0.1, -0.05) is 0 Å². The molecule has 1 aromatic rings. The molecule has 15 heavy (non-hydrogen) atoms. The summed E-state index contributed by atoms with van der Waals surface area (Å²) in [5, 5.41) is 6.68. The van der Waals surface area contributed by atoms with Crippen LogP contribution >= 0.6 is 12.2 Å². The number of nitrogen functional groups attached to an aromatic ring is 1. The number of rotatable bonds is 1. The molecular formula is C9H17N5S. The summed E-state index contributed by atoms with van der Waals surface area (Å²) in [4.78, 5) is 2.36. The summed E-state index contributed by atoms with van der Waals surface area (Å²) in [6, 6.07) is 0.961. The molecule has 1 aliphatic rings. The van der Waals surface area contributed by atoms with Gasteiger partial charge in [-0.15, -0.1) is 5.10 Å². The number of aromatic nitrogens is 3. The maximum Gasteiger partial charge on any atom is 0.220 e. The number of piperidine rings is 1. The van der Waals surface area contributed by atoms with Crippen LogP contribution in [0.15, 0.2) is 0 Å². The van der Waals surface area contributed by atoms with E-state index in [9.17, 15) is 0 Å². The van der Waals surface area contributed by atoms with E-state index in [0.29, 0.717) is 22.8 Å². The van der Waals surface area contributed by atoms with E-state index in [0.717, 1.165) is 19.4 Å². The first kappa shape index (κ1) is 10.6. The second kappa shape index (κ2) is 3.94. The molecule has 2 rings (SSSR count). The maximum atomic E-state index is 5.79. The average Bonchev–Trinajstić information content (AvgIpc) is 2.52. The zero-order valence-electron chi connectivity index (χ0n) is 9.10. The van der Waals surface area contributed by atoms with Gasteiger partial charge in [-0.05, 0) is 39.0 Å². The van der Waals surface area contributed by atoms with Crippen molar-refractivity contribution in [2.24, 2.45) is 0 Å². The summed E-state index contributed by atoms with van der Waals surface area (Å²) in [5.74, 6) is 0.502. The minimum atomic E-state index is 0.391. The number of nitrogens with one attached hydrogen (secondary N) is 1. The van der Waals surface area contributed by atoms with Gasteiger partial charge in [-0.2, -0.15) is 0 Å². The molecule has 1 saturated heterocycles. The van der Waals surface area contributed by atoms with Crippen molar-refractivity contribution in [1.82, 2.24) is 19.7 Å². The van der Waals surface area contributed by atoms with Crippen molar-refractivity contribution < 1.29 is 0 Å². The molecule has 0 saturated carbocycles. The van der Waals surface area contributed by atoms with E-state index in [-0.39, 0.29) is 0 Å². The number of hydrogen-bond donors (Lipinski definition) is 2. The molecule has 3 N–H and O–H groups in total. The lowest BCUT2D eigenvalue weighted by molar-refractivity contribution is 0.157. The minimum absolute atomic E-state index is 0.391. The summed E-state index contributed by atoms with van der Waals surface area (Å²) in [7, 11) is 2.15. The molecule has 1 aliphatic heterocycles. The molecule has 0 aromatic carbocycles. The molecule has 0 radical (unpaired) electrons. The van der Waals surface area contributed by atoms with Crippen molar-refractivity contribution in [2.75, 3.05) is 19.3 Å². The fourth-order valence-corrected chi connectivity index (χ4v) is 2.46. The summed E-state index contributed by atoms with van der Waals surface area (Å²) < 4.78 is 2.58. The van der Waals surface area contributed by atoms with Crippen molar-refractivity contribution in [3.05, 3.63) is 4.77 Å².